The van der Waals surface area contributed by atoms with Crippen molar-refractivity contribution in [3.8, 4) is 0 Å². The lowest BCUT2D eigenvalue weighted by Gasteiger charge is -2.40. The molecule has 1 saturated heterocycles. The molecule has 2 heterocycles. The van der Waals surface area contributed by atoms with Gasteiger partial charge in [-0.1, -0.05) is 75.0 Å². The van der Waals surface area contributed by atoms with E-state index in [0.717, 1.165) is 40.8 Å². The minimum absolute atomic E-state index is 0.0328. The van der Waals surface area contributed by atoms with Crippen molar-refractivity contribution in [3.05, 3.63) is 107 Å². The lowest BCUT2D eigenvalue weighted by Crippen LogP contribution is -2.43. The Kier molecular flexibility index (Phi) is 7.62. The molecule has 1 fully saturated rings. The Balaban J connectivity index is 1.38. The molecule has 3 aromatic rings. The smallest absolute Gasteiger partial charge is 0.255 e. The van der Waals surface area contributed by atoms with Gasteiger partial charge in [0.2, 0.25) is 0 Å². The largest absolute Gasteiger partial charge is 0.340 e. The zero-order chi connectivity index (χ0) is 27.6. The highest BCUT2D eigenvalue weighted by Gasteiger charge is 2.37. The molecule has 39 heavy (non-hydrogen) atoms. The van der Waals surface area contributed by atoms with Gasteiger partial charge in [-0.05, 0) is 66.3 Å². The second-order valence-electron chi connectivity index (χ2n) is 10.9. The third-order valence-electron chi connectivity index (χ3n) is 7.03. The van der Waals surface area contributed by atoms with E-state index in [4.69, 9.17) is 4.99 Å². The van der Waals surface area contributed by atoms with Crippen LogP contribution in [-0.2, 0) is 10.2 Å². The van der Waals surface area contributed by atoms with Crippen molar-refractivity contribution in [1.82, 2.24) is 4.90 Å². The second kappa shape index (κ2) is 11.1. The van der Waals surface area contributed by atoms with Crippen molar-refractivity contribution in [2.24, 2.45) is 4.99 Å². The van der Waals surface area contributed by atoms with Crippen molar-refractivity contribution in [2.75, 3.05) is 22.9 Å². The minimum Gasteiger partial charge on any atom is -0.340 e. The Labute approximate surface area is 234 Å². The number of rotatable bonds is 5. The summed E-state index contributed by atoms with van der Waals surface area (Å²) in [6, 6.07) is 24.8. The number of amides is 2. The Hall–Kier alpha value is -3.84. The lowest BCUT2D eigenvalue weighted by molar-refractivity contribution is -0.113. The number of nitrogens with zero attached hydrogens (tertiary/aromatic N) is 2. The van der Waals surface area contributed by atoms with Crippen molar-refractivity contribution in [1.29, 1.82) is 0 Å². The number of carbonyl (C=O) groups is 2. The van der Waals surface area contributed by atoms with E-state index in [1.807, 2.05) is 85.8 Å². The molecule has 2 aliphatic rings. The molecule has 7 heteroatoms. The summed E-state index contributed by atoms with van der Waals surface area (Å²) in [4.78, 5) is 33.5. The van der Waals surface area contributed by atoms with Gasteiger partial charge in [0.1, 0.15) is 0 Å². The summed E-state index contributed by atoms with van der Waals surface area (Å²) in [7, 11) is 0. The fourth-order valence-electron chi connectivity index (χ4n) is 4.90. The maximum Gasteiger partial charge on any atom is 0.255 e. The highest BCUT2D eigenvalue weighted by atomic mass is 32.2. The number of fused-ring (bicyclic) bond motifs is 1. The topological polar surface area (TPSA) is 73.8 Å². The van der Waals surface area contributed by atoms with Gasteiger partial charge in [0, 0.05) is 29.2 Å². The number of anilines is 2. The van der Waals surface area contributed by atoms with Gasteiger partial charge in [-0.3, -0.25) is 9.59 Å². The molecule has 6 nitrogen and oxygen atoms in total. The highest BCUT2D eigenvalue weighted by Crippen LogP contribution is 2.40. The molecular weight excluding hydrogens is 504 g/mol. The van der Waals surface area contributed by atoms with Crippen LogP contribution in [0.1, 0.15) is 61.6 Å². The normalized spacial score (nSPS) is 17.3. The van der Waals surface area contributed by atoms with Gasteiger partial charge in [-0.25, -0.2) is 4.99 Å². The molecule has 0 aromatic heterocycles. The highest BCUT2D eigenvalue weighted by molar-refractivity contribution is 8.13. The van der Waals surface area contributed by atoms with Crippen LogP contribution in [0.3, 0.4) is 0 Å². The lowest BCUT2D eigenvalue weighted by atomic mass is 9.87. The summed E-state index contributed by atoms with van der Waals surface area (Å²) in [5.74, 6) is 0.710. The van der Waals surface area contributed by atoms with E-state index in [0.29, 0.717) is 16.8 Å². The second-order valence-corrected chi connectivity index (χ2v) is 12.0. The number of nitrogens with one attached hydrogen (secondary N) is 2. The van der Waals surface area contributed by atoms with Gasteiger partial charge < -0.3 is 15.5 Å². The van der Waals surface area contributed by atoms with E-state index in [2.05, 4.69) is 36.3 Å². The van der Waals surface area contributed by atoms with Crippen LogP contribution >= 0.6 is 11.8 Å². The summed E-state index contributed by atoms with van der Waals surface area (Å²) in [6.07, 6.45) is 1.02. The molecule has 0 spiro atoms. The summed E-state index contributed by atoms with van der Waals surface area (Å²) in [6.45, 7) is 9.20. The van der Waals surface area contributed by atoms with E-state index >= 15 is 0 Å². The van der Waals surface area contributed by atoms with E-state index in [-0.39, 0.29) is 23.3 Å². The first-order chi connectivity index (χ1) is 18.7. The number of amidine groups is 1. The predicted octanol–water partition coefficient (Wildman–Crippen LogP) is 7.00. The standard InChI is InChI=1S/C32H34N4O2S/c1-21-27(30(38)35-25-9-6-5-7-10-25)28(36-19-8-20-39-31(36)33-21)22-13-17-26(18-14-22)34-29(37)23-11-15-24(16-12-23)32(2,3)4/h5-7,9-18,28H,8,19-20H2,1-4H3,(H,34,37)(H,35,38). The van der Waals surface area contributed by atoms with Crippen LogP contribution in [0, 0.1) is 0 Å². The zero-order valence-corrected chi connectivity index (χ0v) is 23.6. The number of allylic oxidation sites excluding steroid dienone is 1. The van der Waals surface area contributed by atoms with E-state index in [9.17, 15) is 9.59 Å². The summed E-state index contributed by atoms with van der Waals surface area (Å²) < 4.78 is 0. The number of hydrogen-bond donors (Lipinski definition) is 2. The number of thioether (sulfide) groups is 1. The van der Waals surface area contributed by atoms with Crippen LogP contribution in [0.5, 0.6) is 0 Å². The number of aliphatic imine (C=N–C) groups is 1. The Morgan fingerprint density at radius 2 is 1.51 bits per heavy atom. The van der Waals surface area contributed by atoms with E-state index in [1.165, 1.54) is 5.56 Å². The van der Waals surface area contributed by atoms with Crippen LogP contribution in [-0.4, -0.2) is 34.2 Å². The van der Waals surface area contributed by atoms with Gasteiger partial charge in [-0.2, -0.15) is 0 Å². The fourth-order valence-corrected chi connectivity index (χ4v) is 5.92. The molecule has 0 aliphatic carbocycles. The maximum absolute atomic E-state index is 13.6. The minimum atomic E-state index is -0.260. The summed E-state index contributed by atoms with van der Waals surface area (Å²) in [5.41, 5.74) is 5.63. The quantitative estimate of drug-likeness (QED) is 0.367. The Bertz CT molecular complexity index is 1420. The number of hydrogen-bond acceptors (Lipinski definition) is 5. The molecular formula is C32H34N4O2S. The summed E-state index contributed by atoms with van der Waals surface area (Å²) in [5, 5.41) is 7.01. The molecule has 3 aromatic carbocycles. The zero-order valence-electron chi connectivity index (χ0n) is 22.8. The molecule has 2 N–H and O–H groups in total. The third kappa shape index (κ3) is 5.93. The monoisotopic (exact) mass is 538 g/mol. The first-order valence-corrected chi connectivity index (χ1v) is 14.3. The molecule has 2 amide bonds. The van der Waals surface area contributed by atoms with Crippen molar-refractivity contribution in [2.45, 2.75) is 45.6 Å². The van der Waals surface area contributed by atoms with Crippen molar-refractivity contribution < 1.29 is 9.59 Å². The van der Waals surface area contributed by atoms with Crippen LogP contribution < -0.4 is 10.6 Å². The van der Waals surface area contributed by atoms with Gasteiger partial charge in [0.25, 0.3) is 11.8 Å². The third-order valence-corrected chi connectivity index (χ3v) is 8.11. The summed E-state index contributed by atoms with van der Waals surface area (Å²) >= 11 is 1.73. The number of carbonyl (C=O) groups excluding carboxylic acids is 2. The molecule has 0 saturated carbocycles. The average molecular weight is 539 g/mol. The molecule has 1 atom stereocenters. The number of para-hydroxylation sites is 1. The fraction of sp³-hybridized carbons (Fsp3) is 0.281. The SMILES string of the molecule is CC1=C(C(=O)Nc2ccccc2)C(c2ccc(NC(=O)c3ccc(C(C)(C)C)cc3)cc2)N2CCCSC2=N1. The number of benzene rings is 3. The molecule has 200 valence electrons. The van der Waals surface area contributed by atoms with Crippen molar-refractivity contribution >= 4 is 40.1 Å². The molecule has 5 rings (SSSR count). The first kappa shape index (κ1) is 26.8. The van der Waals surface area contributed by atoms with Crippen LogP contribution in [0.2, 0.25) is 0 Å². The Morgan fingerprint density at radius 1 is 0.872 bits per heavy atom. The van der Waals surface area contributed by atoms with Crippen molar-refractivity contribution in [3.63, 3.8) is 0 Å². The van der Waals surface area contributed by atoms with Gasteiger partial charge in [0.05, 0.1) is 17.3 Å². The first-order valence-electron chi connectivity index (χ1n) is 13.3. The van der Waals surface area contributed by atoms with Crippen LogP contribution in [0.4, 0.5) is 11.4 Å². The average Bonchev–Trinajstić information content (AvgIpc) is 2.93. The van der Waals surface area contributed by atoms with E-state index in [1.54, 1.807) is 11.8 Å². The molecule has 0 radical (unpaired) electrons. The molecule has 1 unspecified atom stereocenters. The maximum atomic E-state index is 13.6. The Morgan fingerprint density at radius 3 is 2.18 bits per heavy atom. The van der Waals surface area contributed by atoms with Gasteiger partial charge >= 0.3 is 0 Å². The van der Waals surface area contributed by atoms with Gasteiger partial charge in [0.15, 0.2) is 5.17 Å². The van der Waals surface area contributed by atoms with Gasteiger partial charge in [-0.15, -0.1) is 0 Å². The van der Waals surface area contributed by atoms with Crippen LogP contribution in [0.15, 0.2) is 95.1 Å². The van der Waals surface area contributed by atoms with E-state index < -0.39 is 0 Å². The predicted molar refractivity (Wildman–Crippen MR) is 161 cm³/mol. The molecule has 2 aliphatic heterocycles. The molecule has 0 bridgehead atoms. The van der Waals surface area contributed by atoms with Crippen LogP contribution in [0.25, 0.3) is 0 Å².